The predicted octanol–water partition coefficient (Wildman–Crippen LogP) is 3.33. The molecule has 1 spiro atoms. The van der Waals surface area contributed by atoms with Crippen molar-refractivity contribution in [1.29, 1.82) is 0 Å². The van der Waals surface area contributed by atoms with E-state index in [1.807, 2.05) is 60.7 Å². The Morgan fingerprint density at radius 1 is 1.10 bits per heavy atom. The Hall–Kier alpha value is -3.27. The molecule has 3 amide bonds. The number of carbonyl (C=O) groups excluding carboxylic acids is 3. The lowest BCUT2D eigenvalue weighted by Gasteiger charge is -2.39. The van der Waals surface area contributed by atoms with Crippen molar-refractivity contribution < 1.29 is 24.2 Å². The third-order valence-corrected chi connectivity index (χ3v) is 9.44. The largest absolute Gasteiger partial charge is 0.394 e. The molecule has 1 N–H and O–H groups in total. The van der Waals surface area contributed by atoms with Crippen LogP contribution in [0.4, 0.5) is 0 Å². The number of rotatable bonds is 11. The van der Waals surface area contributed by atoms with Gasteiger partial charge in [0, 0.05) is 31.5 Å². The Kier molecular flexibility index (Phi) is 8.50. The second kappa shape index (κ2) is 11.9. The summed E-state index contributed by atoms with van der Waals surface area (Å²) >= 11 is 3.72. The number of likely N-dealkylation sites (tertiary alicyclic amines) is 1. The minimum Gasteiger partial charge on any atom is -0.394 e. The van der Waals surface area contributed by atoms with Crippen molar-refractivity contribution in [3.8, 4) is 0 Å². The fraction of sp³-hybridized carbons (Fsp3) is 0.406. The van der Waals surface area contributed by atoms with Gasteiger partial charge in [-0.25, -0.2) is 0 Å². The number of fused-ring (bicyclic) bond motifs is 1. The summed E-state index contributed by atoms with van der Waals surface area (Å²) in [5.41, 5.74) is 0.400. The van der Waals surface area contributed by atoms with Crippen LogP contribution in [0.25, 0.3) is 0 Å². The smallest absolute Gasteiger partial charge is 0.249 e. The van der Waals surface area contributed by atoms with Gasteiger partial charge < -0.3 is 24.5 Å². The minimum absolute atomic E-state index is 0.222. The van der Waals surface area contributed by atoms with E-state index in [-0.39, 0.29) is 29.1 Å². The molecule has 0 radical (unpaired) electrons. The molecule has 0 aromatic heterocycles. The third kappa shape index (κ3) is 4.94. The third-order valence-electron chi connectivity index (χ3n) is 8.60. The number of halogens is 1. The van der Waals surface area contributed by atoms with E-state index >= 15 is 0 Å². The number of nitrogens with zero attached hydrogens (tertiary/aromatic N) is 3. The van der Waals surface area contributed by atoms with Crippen LogP contribution in [0.1, 0.15) is 23.6 Å². The molecule has 2 aromatic carbocycles. The molecule has 0 aliphatic carbocycles. The molecule has 7 atom stereocenters. The normalized spacial score (nSPS) is 28.7. The minimum atomic E-state index is -1.24. The second-order valence-corrected chi connectivity index (χ2v) is 12.2. The number of benzene rings is 2. The number of alkyl halides is 1. The number of hydrogen-bond donors (Lipinski definition) is 1. The first-order valence-corrected chi connectivity index (χ1v) is 14.8. The topological polar surface area (TPSA) is 90.4 Å². The van der Waals surface area contributed by atoms with E-state index < -0.39 is 42.2 Å². The van der Waals surface area contributed by atoms with E-state index in [9.17, 15) is 19.5 Å². The molecule has 3 heterocycles. The number of ether oxygens (including phenoxy) is 1. The standard InChI is InChI=1S/C32H36BrN3O5/c1-4-16-34(3)29(38)25-26-30(39)36(24(20-37)22-14-10-7-11-15-22)28(32(26)18-23(33)27(25)41-32)31(40)35(17-5-2)19-21-12-8-6-9-13-21/h4-15,23-28,37H,1-2,16-20H2,3H3/t23?,24-,25-,26+,27-,28?,32?/m1/s1. The van der Waals surface area contributed by atoms with Crippen LogP contribution in [-0.2, 0) is 25.7 Å². The van der Waals surface area contributed by atoms with Crippen LogP contribution in [0, 0.1) is 11.8 Å². The van der Waals surface area contributed by atoms with Crippen LogP contribution in [0.3, 0.4) is 0 Å². The van der Waals surface area contributed by atoms with Crippen LogP contribution in [0.5, 0.6) is 0 Å². The summed E-state index contributed by atoms with van der Waals surface area (Å²) in [6.45, 7) is 8.11. The van der Waals surface area contributed by atoms with Gasteiger partial charge in [-0.1, -0.05) is 88.7 Å². The summed E-state index contributed by atoms with van der Waals surface area (Å²) in [7, 11) is 1.68. The summed E-state index contributed by atoms with van der Waals surface area (Å²) in [5.74, 6) is -2.51. The molecular weight excluding hydrogens is 586 g/mol. The Bertz CT molecular complexity index is 1310. The highest BCUT2D eigenvalue weighted by atomic mass is 79.9. The van der Waals surface area contributed by atoms with Crippen LogP contribution in [0.2, 0.25) is 0 Å². The molecule has 2 bridgehead atoms. The molecule has 2 aromatic rings. The number of likely N-dealkylation sites (N-methyl/N-ethyl adjacent to an activating group) is 1. The average Bonchev–Trinajstić information content (AvgIpc) is 3.57. The molecule has 0 saturated carbocycles. The van der Waals surface area contributed by atoms with Gasteiger partial charge in [0.05, 0.1) is 30.6 Å². The molecule has 3 aliphatic rings. The predicted molar refractivity (Wildman–Crippen MR) is 159 cm³/mol. The quantitative estimate of drug-likeness (QED) is 0.307. The summed E-state index contributed by atoms with van der Waals surface area (Å²) in [6, 6.07) is 17.0. The Morgan fingerprint density at radius 3 is 2.34 bits per heavy atom. The molecule has 41 heavy (non-hydrogen) atoms. The monoisotopic (exact) mass is 621 g/mol. The first-order valence-electron chi connectivity index (χ1n) is 13.9. The zero-order valence-corrected chi connectivity index (χ0v) is 24.7. The van der Waals surface area contributed by atoms with Gasteiger partial charge in [-0.15, -0.1) is 13.2 Å². The zero-order valence-electron chi connectivity index (χ0n) is 23.1. The fourth-order valence-electron chi connectivity index (χ4n) is 6.90. The first-order chi connectivity index (χ1) is 19.8. The summed E-state index contributed by atoms with van der Waals surface area (Å²) < 4.78 is 6.66. The lowest BCUT2D eigenvalue weighted by atomic mass is 9.70. The Balaban J connectivity index is 1.62. The summed E-state index contributed by atoms with van der Waals surface area (Å²) in [4.78, 5) is 47.5. The van der Waals surface area contributed by atoms with Crippen molar-refractivity contribution in [1.82, 2.24) is 14.7 Å². The molecule has 9 heteroatoms. The van der Waals surface area contributed by atoms with E-state index in [0.29, 0.717) is 25.1 Å². The summed E-state index contributed by atoms with van der Waals surface area (Å²) in [6.07, 6.45) is 3.12. The van der Waals surface area contributed by atoms with E-state index in [1.165, 1.54) is 4.90 Å². The molecule has 8 nitrogen and oxygen atoms in total. The number of aliphatic hydroxyl groups is 1. The van der Waals surface area contributed by atoms with Crippen molar-refractivity contribution in [3.63, 3.8) is 0 Å². The molecular formula is C32H36BrN3O5. The number of amides is 3. The molecule has 3 aliphatic heterocycles. The van der Waals surface area contributed by atoms with Crippen LogP contribution < -0.4 is 0 Å². The van der Waals surface area contributed by atoms with Crippen LogP contribution in [0.15, 0.2) is 86.0 Å². The average molecular weight is 623 g/mol. The lowest BCUT2D eigenvalue weighted by molar-refractivity contribution is -0.152. The zero-order chi connectivity index (χ0) is 29.3. The molecule has 3 saturated heterocycles. The van der Waals surface area contributed by atoms with Crippen molar-refractivity contribution in [2.45, 2.75) is 41.6 Å². The van der Waals surface area contributed by atoms with Gasteiger partial charge in [0.1, 0.15) is 11.6 Å². The van der Waals surface area contributed by atoms with E-state index in [4.69, 9.17) is 4.74 Å². The maximum atomic E-state index is 14.7. The highest BCUT2D eigenvalue weighted by molar-refractivity contribution is 9.09. The lowest BCUT2D eigenvalue weighted by Crippen LogP contribution is -2.57. The van der Waals surface area contributed by atoms with Gasteiger partial charge in [-0.2, -0.15) is 0 Å². The Morgan fingerprint density at radius 2 is 1.73 bits per heavy atom. The second-order valence-electron chi connectivity index (χ2n) is 11.0. The molecule has 216 valence electrons. The van der Waals surface area contributed by atoms with Crippen molar-refractivity contribution in [2.75, 3.05) is 26.7 Å². The maximum absolute atomic E-state index is 14.7. The summed E-state index contributed by atoms with van der Waals surface area (Å²) in [5, 5.41) is 10.7. The SMILES string of the molecule is C=CCN(C)C(=O)[C@H]1[C@@H]2OC3(CC2Br)C(C(=O)N(CC=C)Cc2ccccc2)N([C@H](CO)c2ccccc2)C(=O)[C@H]13. The number of hydrogen-bond acceptors (Lipinski definition) is 5. The Labute approximate surface area is 249 Å². The van der Waals surface area contributed by atoms with Crippen molar-refractivity contribution in [2.24, 2.45) is 11.8 Å². The van der Waals surface area contributed by atoms with E-state index in [0.717, 1.165) is 5.56 Å². The fourth-order valence-corrected chi connectivity index (χ4v) is 7.84. The van der Waals surface area contributed by atoms with Crippen molar-refractivity contribution in [3.05, 3.63) is 97.1 Å². The van der Waals surface area contributed by atoms with E-state index in [2.05, 4.69) is 29.1 Å². The van der Waals surface area contributed by atoms with Crippen LogP contribution in [-0.4, -0.2) is 86.8 Å². The maximum Gasteiger partial charge on any atom is 0.249 e. The van der Waals surface area contributed by atoms with Gasteiger partial charge in [-0.05, 0) is 17.5 Å². The molecule has 3 unspecified atom stereocenters. The van der Waals surface area contributed by atoms with Gasteiger partial charge >= 0.3 is 0 Å². The van der Waals surface area contributed by atoms with Crippen molar-refractivity contribution >= 4 is 33.7 Å². The van der Waals surface area contributed by atoms with Gasteiger partial charge in [-0.3, -0.25) is 14.4 Å². The molecule has 5 rings (SSSR count). The number of aliphatic hydroxyl groups excluding tert-OH is 1. The van der Waals surface area contributed by atoms with Gasteiger partial charge in [0.2, 0.25) is 17.7 Å². The first kappa shape index (κ1) is 29.2. The van der Waals surface area contributed by atoms with Gasteiger partial charge in [0.25, 0.3) is 0 Å². The highest BCUT2D eigenvalue weighted by Crippen LogP contribution is 2.61. The van der Waals surface area contributed by atoms with E-state index in [1.54, 1.807) is 29.0 Å². The molecule has 3 fully saturated rings. The van der Waals surface area contributed by atoms with Gasteiger partial charge in [0.15, 0.2) is 0 Å². The number of carbonyl (C=O) groups is 3. The highest BCUT2D eigenvalue weighted by Gasteiger charge is 2.77. The van der Waals surface area contributed by atoms with Crippen LogP contribution >= 0.6 is 15.9 Å².